The Balaban J connectivity index is 2.26. The normalized spacial score (nSPS) is 16.1. The zero-order valence-corrected chi connectivity index (χ0v) is 13.8. The summed E-state index contributed by atoms with van der Waals surface area (Å²) in [6.07, 6.45) is 0. The Kier molecular flexibility index (Phi) is 4.44. The number of hydrogen-bond donors (Lipinski definition) is 1. The lowest BCUT2D eigenvalue weighted by molar-refractivity contribution is -0.162. The molecule has 1 heterocycles. The quantitative estimate of drug-likeness (QED) is 0.871. The Labute approximate surface area is 131 Å². The molecule has 1 aromatic carbocycles. The maximum Gasteiger partial charge on any atom is 0.329 e. The van der Waals surface area contributed by atoms with E-state index >= 15 is 0 Å². The number of nitrogens with zero attached hydrogens (tertiary/aromatic N) is 1. The van der Waals surface area contributed by atoms with Crippen LogP contribution in [-0.2, 0) is 16.1 Å². The monoisotopic (exact) mass is 304 g/mol. The Morgan fingerprint density at radius 2 is 1.91 bits per heavy atom. The summed E-state index contributed by atoms with van der Waals surface area (Å²) in [7, 11) is 0. The van der Waals surface area contributed by atoms with Crippen LogP contribution >= 0.6 is 0 Å². The van der Waals surface area contributed by atoms with Gasteiger partial charge in [-0.1, -0.05) is 32.0 Å². The SMILES string of the molecule is CC(C)[C@@H](C(=O)OC(C)(C)C)N1Cc2ccccc2NC1=O. The number of para-hydroxylation sites is 1. The number of rotatable bonds is 3. The number of amides is 2. The zero-order valence-electron chi connectivity index (χ0n) is 13.8. The Bertz CT molecular complexity index is 576. The van der Waals surface area contributed by atoms with Crippen LogP contribution in [0.5, 0.6) is 0 Å². The lowest BCUT2D eigenvalue weighted by Crippen LogP contribution is -2.52. The van der Waals surface area contributed by atoms with E-state index in [2.05, 4.69) is 5.32 Å². The summed E-state index contributed by atoms with van der Waals surface area (Å²) in [5.74, 6) is -0.400. The van der Waals surface area contributed by atoms with Gasteiger partial charge in [0, 0.05) is 5.69 Å². The zero-order chi connectivity index (χ0) is 16.5. The van der Waals surface area contributed by atoms with Gasteiger partial charge in [-0.05, 0) is 38.3 Å². The second-order valence-corrected chi connectivity index (χ2v) is 6.94. The molecule has 0 spiro atoms. The standard InChI is InChI=1S/C17H24N2O3/c1-11(2)14(15(20)22-17(3,4)5)19-10-12-8-6-7-9-13(12)18-16(19)21/h6-9,11,14H,10H2,1-5H3,(H,18,21)/t14-/m0/s1. The highest BCUT2D eigenvalue weighted by atomic mass is 16.6. The number of ether oxygens (including phenoxy) is 1. The number of carbonyl (C=O) groups is 2. The maximum atomic E-state index is 12.5. The van der Waals surface area contributed by atoms with Crippen molar-refractivity contribution < 1.29 is 14.3 Å². The van der Waals surface area contributed by atoms with Crippen molar-refractivity contribution in [2.24, 2.45) is 5.92 Å². The van der Waals surface area contributed by atoms with Crippen molar-refractivity contribution in [1.82, 2.24) is 4.90 Å². The van der Waals surface area contributed by atoms with Gasteiger partial charge in [0.25, 0.3) is 0 Å². The van der Waals surface area contributed by atoms with Crippen LogP contribution in [-0.4, -0.2) is 28.5 Å². The van der Waals surface area contributed by atoms with Crippen molar-refractivity contribution in [3.63, 3.8) is 0 Å². The highest BCUT2D eigenvalue weighted by molar-refractivity contribution is 5.95. The molecule has 1 atom stereocenters. The van der Waals surface area contributed by atoms with Crippen molar-refractivity contribution in [3.8, 4) is 0 Å². The molecule has 0 aromatic heterocycles. The van der Waals surface area contributed by atoms with E-state index in [1.807, 2.05) is 58.9 Å². The van der Waals surface area contributed by atoms with Gasteiger partial charge in [0.15, 0.2) is 0 Å². The molecule has 1 aromatic rings. The smallest absolute Gasteiger partial charge is 0.329 e. The lowest BCUT2D eigenvalue weighted by Gasteiger charge is -2.37. The lowest BCUT2D eigenvalue weighted by atomic mass is 10.00. The van der Waals surface area contributed by atoms with Gasteiger partial charge in [0.2, 0.25) is 0 Å². The topological polar surface area (TPSA) is 58.6 Å². The van der Waals surface area contributed by atoms with Crippen molar-refractivity contribution >= 4 is 17.7 Å². The molecule has 1 aliphatic heterocycles. The predicted octanol–water partition coefficient (Wildman–Crippen LogP) is 3.40. The van der Waals surface area contributed by atoms with Crippen LogP contribution < -0.4 is 5.32 Å². The van der Waals surface area contributed by atoms with Crippen LogP contribution in [0.3, 0.4) is 0 Å². The molecule has 0 unspecified atom stereocenters. The predicted molar refractivity (Wildman–Crippen MR) is 85.5 cm³/mol. The van der Waals surface area contributed by atoms with Crippen molar-refractivity contribution in [2.45, 2.75) is 52.8 Å². The van der Waals surface area contributed by atoms with Crippen LogP contribution in [0.25, 0.3) is 0 Å². The van der Waals surface area contributed by atoms with Gasteiger partial charge in [0.05, 0.1) is 6.54 Å². The summed E-state index contributed by atoms with van der Waals surface area (Å²) in [5.41, 5.74) is 1.22. The molecule has 1 aliphatic rings. The molecule has 1 N–H and O–H groups in total. The first-order valence-corrected chi connectivity index (χ1v) is 7.57. The van der Waals surface area contributed by atoms with E-state index in [4.69, 9.17) is 4.74 Å². The number of anilines is 1. The molecule has 0 radical (unpaired) electrons. The van der Waals surface area contributed by atoms with Crippen LogP contribution in [0.1, 0.15) is 40.2 Å². The number of nitrogens with one attached hydrogen (secondary N) is 1. The molecule has 0 fully saturated rings. The first kappa shape index (κ1) is 16.3. The second kappa shape index (κ2) is 5.99. The van der Waals surface area contributed by atoms with Crippen molar-refractivity contribution in [2.75, 3.05) is 5.32 Å². The number of esters is 1. The number of carbonyl (C=O) groups excluding carboxylic acids is 2. The Morgan fingerprint density at radius 3 is 2.50 bits per heavy atom. The molecule has 120 valence electrons. The fraction of sp³-hybridized carbons (Fsp3) is 0.529. The molecule has 0 aliphatic carbocycles. The van der Waals surface area contributed by atoms with E-state index in [9.17, 15) is 9.59 Å². The van der Waals surface area contributed by atoms with Gasteiger partial charge in [-0.25, -0.2) is 9.59 Å². The highest BCUT2D eigenvalue weighted by Gasteiger charge is 2.37. The number of hydrogen-bond acceptors (Lipinski definition) is 3. The molecule has 2 amide bonds. The van der Waals surface area contributed by atoms with Crippen LogP contribution in [0, 0.1) is 5.92 Å². The third-order valence-corrected chi connectivity index (χ3v) is 3.48. The Hall–Kier alpha value is -2.04. The van der Waals surface area contributed by atoms with Crippen molar-refractivity contribution in [3.05, 3.63) is 29.8 Å². The summed E-state index contributed by atoms with van der Waals surface area (Å²) in [5, 5.41) is 2.84. The van der Waals surface area contributed by atoms with Gasteiger partial charge in [0.1, 0.15) is 11.6 Å². The molecule has 5 nitrogen and oxygen atoms in total. The fourth-order valence-corrected chi connectivity index (χ4v) is 2.57. The highest BCUT2D eigenvalue weighted by Crippen LogP contribution is 2.27. The second-order valence-electron chi connectivity index (χ2n) is 6.94. The van der Waals surface area contributed by atoms with E-state index in [1.54, 1.807) is 4.90 Å². The summed E-state index contributed by atoms with van der Waals surface area (Å²) in [6, 6.07) is 6.75. The number of urea groups is 1. The number of benzene rings is 1. The third-order valence-electron chi connectivity index (χ3n) is 3.48. The van der Waals surface area contributed by atoms with Gasteiger partial charge in [-0.3, -0.25) is 0 Å². The fourth-order valence-electron chi connectivity index (χ4n) is 2.57. The minimum atomic E-state index is -0.604. The summed E-state index contributed by atoms with van der Waals surface area (Å²) in [6.45, 7) is 9.73. The third kappa shape index (κ3) is 3.59. The maximum absolute atomic E-state index is 12.5. The van der Waals surface area contributed by atoms with Gasteiger partial charge >= 0.3 is 12.0 Å². The molecular formula is C17H24N2O3. The molecule has 5 heteroatoms. The van der Waals surface area contributed by atoms with E-state index in [-0.39, 0.29) is 17.9 Å². The van der Waals surface area contributed by atoms with E-state index in [0.717, 1.165) is 11.3 Å². The Morgan fingerprint density at radius 1 is 1.27 bits per heavy atom. The molecule has 0 saturated heterocycles. The molecule has 22 heavy (non-hydrogen) atoms. The first-order valence-electron chi connectivity index (χ1n) is 7.57. The van der Waals surface area contributed by atoms with Gasteiger partial charge < -0.3 is 15.0 Å². The average molecular weight is 304 g/mol. The van der Waals surface area contributed by atoms with E-state index in [0.29, 0.717) is 6.54 Å². The van der Waals surface area contributed by atoms with Gasteiger partial charge in [-0.15, -0.1) is 0 Å². The molecular weight excluding hydrogens is 280 g/mol. The minimum absolute atomic E-state index is 0.0362. The summed E-state index contributed by atoms with van der Waals surface area (Å²) in [4.78, 5) is 26.4. The summed E-state index contributed by atoms with van der Waals surface area (Å²) >= 11 is 0. The van der Waals surface area contributed by atoms with Crippen LogP contribution in [0.15, 0.2) is 24.3 Å². The first-order chi connectivity index (χ1) is 10.2. The van der Waals surface area contributed by atoms with Crippen LogP contribution in [0.2, 0.25) is 0 Å². The van der Waals surface area contributed by atoms with E-state index < -0.39 is 11.6 Å². The van der Waals surface area contributed by atoms with E-state index in [1.165, 1.54) is 0 Å². The average Bonchev–Trinajstić information content (AvgIpc) is 2.37. The minimum Gasteiger partial charge on any atom is -0.458 e. The molecule has 0 bridgehead atoms. The van der Waals surface area contributed by atoms with Crippen LogP contribution in [0.4, 0.5) is 10.5 Å². The summed E-state index contributed by atoms with van der Waals surface area (Å²) < 4.78 is 5.49. The number of fused-ring (bicyclic) bond motifs is 1. The van der Waals surface area contributed by atoms with Gasteiger partial charge in [-0.2, -0.15) is 0 Å². The largest absolute Gasteiger partial charge is 0.458 e. The molecule has 2 rings (SSSR count). The molecule has 0 saturated carbocycles. The van der Waals surface area contributed by atoms with Crippen molar-refractivity contribution in [1.29, 1.82) is 0 Å².